The second-order valence-corrected chi connectivity index (χ2v) is 11.8. The van der Waals surface area contributed by atoms with Gasteiger partial charge in [-0.2, -0.15) is 26.3 Å². The minimum atomic E-state index is -4.98. The Morgan fingerprint density at radius 1 is 0.977 bits per heavy atom. The monoisotopic (exact) mass is 641 g/mol. The van der Waals surface area contributed by atoms with Gasteiger partial charge in [-0.3, -0.25) is 9.10 Å². The van der Waals surface area contributed by atoms with Gasteiger partial charge < -0.3 is 19.5 Å². The van der Waals surface area contributed by atoms with Crippen LogP contribution >= 0.6 is 0 Å². The van der Waals surface area contributed by atoms with Gasteiger partial charge in [-0.15, -0.1) is 0 Å². The Labute approximate surface area is 247 Å². The van der Waals surface area contributed by atoms with Crippen LogP contribution in [0, 0.1) is 0 Å². The highest BCUT2D eigenvalue weighted by molar-refractivity contribution is 7.92. The van der Waals surface area contributed by atoms with Gasteiger partial charge in [0, 0.05) is 50.2 Å². The molecule has 0 unspecified atom stereocenters. The molecule has 0 radical (unpaired) electrons. The molecule has 4 aromatic rings. The molecule has 1 amide bonds. The maximum absolute atomic E-state index is 13.4. The quantitative estimate of drug-likeness (QED) is 0.279. The molecule has 0 spiro atoms. The standard InChI is InChI=1S/C28H25F6N5O4S/c1-37-23-8-5-21(14-18(23)15-24(37)26(40)38-12-10-35-11-13-38)43-25-9-4-20(16-36-25)39(17-27(29,30)31)44(41,42)22-6-2-19(3-7-22)28(32,33)34/h2-9,14-16,35H,10-13,17H2,1H3. The van der Waals surface area contributed by atoms with E-state index < -0.39 is 45.1 Å². The topological polar surface area (TPSA) is 96.8 Å². The van der Waals surface area contributed by atoms with Crippen LogP contribution in [0.4, 0.5) is 32.0 Å². The number of hydrogen-bond donors (Lipinski definition) is 1. The first-order chi connectivity index (χ1) is 20.6. The van der Waals surface area contributed by atoms with Gasteiger partial charge in [0.25, 0.3) is 15.9 Å². The van der Waals surface area contributed by atoms with Crippen molar-refractivity contribution in [3.63, 3.8) is 0 Å². The number of pyridine rings is 1. The lowest BCUT2D eigenvalue weighted by Gasteiger charge is -2.27. The van der Waals surface area contributed by atoms with Gasteiger partial charge in [0.05, 0.1) is 22.3 Å². The summed E-state index contributed by atoms with van der Waals surface area (Å²) in [4.78, 5) is 18.0. The summed E-state index contributed by atoms with van der Waals surface area (Å²) in [6.07, 6.45) is -8.89. The van der Waals surface area contributed by atoms with Crippen LogP contribution in [0.25, 0.3) is 10.9 Å². The molecule has 16 heteroatoms. The smallest absolute Gasteiger partial charge is 0.416 e. The highest BCUT2D eigenvalue weighted by Crippen LogP contribution is 2.33. The number of nitrogens with one attached hydrogen (secondary N) is 1. The molecule has 234 valence electrons. The summed E-state index contributed by atoms with van der Waals surface area (Å²) in [7, 11) is -3.17. The Morgan fingerprint density at radius 3 is 2.25 bits per heavy atom. The van der Waals surface area contributed by atoms with E-state index in [1.54, 1.807) is 40.8 Å². The number of ether oxygens (including phenoxy) is 1. The van der Waals surface area contributed by atoms with Crippen LogP contribution in [0.5, 0.6) is 11.6 Å². The number of halogens is 6. The first-order valence-electron chi connectivity index (χ1n) is 13.1. The summed E-state index contributed by atoms with van der Waals surface area (Å²) in [5.74, 6) is 0.119. The number of carbonyl (C=O) groups is 1. The predicted octanol–water partition coefficient (Wildman–Crippen LogP) is 5.19. The van der Waals surface area contributed by atoms with Crippen LogP contribution in [-0.4, -0.2) is 67.7 Å². The number of benzene rings is 2. The van der Waals surface area contributed by atoms with Gasteiger partial charge in [-0.05, 0) is 54.6 Å². The zero-order valence-corrected chi connectivity index (χ0v) is 23.8. The summed E-state index contributed by atoms with van der Waals surface area (Å²) in [5.41, 5.74) is -0.391. The molecule has 2 aromatic heterocycles. The van der Waals surface area contributed by atoms with Crippen LogP contribution in [0.15, 0.2) is 71.8 Å². The van der Waals surface area contributed by atoms with Gasteiger partial charge in [0.2, 0.25) is 5.88 Å². The zero-order chi connectivity index (χ0) is 31.9. The predicted molar refractivity (Wildman–Crippen MR) is 148 cm³/mol. The number of hydrogen-bond acceptors (Lipinski definition) is 6. The summed E-state index contributed by atoms with van der Waals surface area (Å²) in [5, 5.41) is 3.89. The Bertz CT molecular complexity index is 1770. The van der Waals surface area contributed by atoms with Gasteiger partial charge in [0.15, 0.2) is 0 Å². The number of alkyl halides is 6. The van der Waals surface area contributed by atoms with E-state index in [0.29, 0.717) is 67.3 Å². The fraction of sp³-hybridized carbons (Fsp3) is 0.286. The Kier molecular flexibility index (Phi) is 8.24. The van der Waals surface area contributed by atoms with Gasteiger partial charge in [-0.25, -0.2) is 13.4 Å². The number of sulfonamides is 1. The zero-order valence-electron chi connectivity index (χ0n) is 23.0. The van der Waals surface area contributed by atoms with Crippen molar-refractivity contribution >= 4 is 32.5 Å². The fourth-order valence-electron chi connectivity index (χ4n) is 4.75. The lowest BCUT2D eigenvalue weighted by atomic mass is 10.2. The Morgan fingerprint density at radius 2 is 1.66 bits per heavy atom. The van der Waals surface area contributed by atoms with Crippen molar-refractivity contribution in [2.75, 3.05) is 37.0 Å². The molecule has 5 rings (SSSR count). The lowest BCUT2D eigenvalue weighted by Crippen LogP contribution is -2.46. The van der Waals surface area contributed by atoms with Crippen molar-refractivity contribution in [1.29, 1.82) is 0 Å². The van der Waals surface area contributed by atoms with Crippen molar-refractivity contribution in [2.24, 2.45) is 7.05 Å². The molecular formula is C28H25F6N5O4S. The first-order valence-corrected chi connectivity index (χ1v) is 14.6. The van der Waals surface area contributed by atoms with Crippen molar-refractivity contribution in [2.45, 2.75) is 17.2 Å². The van der Waals surface area contributed by atoms with Crippen LogP contribution in [0.3, 0.4) is 0 Å². The van der Waals surface area contributed by atoms with Crippen molar-refractivity contribution in [3.05, 3.63) is 78.1 Å². The maximum Gasteiger partial charge on any atom is 0.416 e. The van der Waals surface area contributed by atoms with E-state index in [0.717, 1.165) is 23.8 Å². The molecule has 1 N–H and O–H groups in total. The number of rotatable bonds is 7. The highest BCUT2D eigenvalue weighted by Gasteiger charge is 2.38. The summed E-state index contributed by atoms with van der Waals surface area (Å²) >= 11 is 0. The third kappa shape index (κ3) is 6.60. The molecule has 1 fully saturated rings. The third-order valence-corrected chi connectivity index (χ3v) is 8.75. The van der Waals surface area contributed by atoms with Crippen molar-refractivity contribution in [1.82, 2.24) is 19.8 Å². The minimum absolute atomic E-state index is 0.0132. The van der Waals surface area contributed by atoms with E-state index in [2.05, 4.69) is 10.3 Å². The van der Waals surface area contributed by atoms with E-state index >= 15 is 0 Å². The number of piperazine rings is 1. The summed E-state index contributed by atoms with van der Waals surface area (Å²) < 4.78 is 113. The van der Waals surface area contributed by atoms with Gasteiger partial charge in [-0.1, -0.05) is 0 Å². The molecule has 9 nitrogen and oxygen atoms in total. The maximum atomic E-state index is 13.4. The molecule has 3 heterocycles. The molecule has 1 aliphatic heterocycles. The van der Waals surface area contributed by atoms with Crippen LogP contribution in [0.2, 0.25) is 0 Å². The van der Waals surface area contributed by atoms with Crippen LogP contribution in [0.1, 0.15) is 16.1 Å². The summed E-state index contributed by atoms with van der Waals surface area (Å²) in [6.45, 7) is 0.631. The van der Waals surface area contributed by atoms with E-state index in [4.69, 9.17) is 4.74 Å². The number of aromatic nitrogens is 2. The second-order valence-electron chi connectivity index (χ2n) is 9.96. The normalized spacial score (nSPS) is 14.6. The van der Waals surface area contributed by atoms with Gasteiger partial charge >= 0.3 is 12.4 Å². The number of amides is 1. The molecule has 0 saturated carbocycles. The number of aryl methyl sites for hydroxylation is 1. The Hall–Kier alpha value is -4.31. The number of anilines is 1. The Balaban J connectivity index is 1.38. The molecule has 44 heavy (non-hydrogen) atoms. The largest absolute Gasteiger partial charge is 0.439 e. The molecule has 0 atom stereocenters. The number of carbonyl (C=O) groups excluding carboxylic acids is 1. The molecule has 1 aliphatic rings. The molecule has 0 aliphatic carbocycles. The average molecular weight is 642 g/mol. The van der Waals surface area contributed by atoms with Crippen LogP contribution in [-0.2, 0) is 23.2 Å². The molecular weight excluding hydrogens is 616 g/mol. The van der Waals surface area contributed by atoms with E-state index in [-0.39, 0.29) is 16.1 Å². The van der Waals surface area contributed by atoms with Crippen molar-refractivity contribution in [3.8, 4) is 11.6 Å². The van der Waals surface area contributed by atoms with E-state index in [9.17, 15) is 39.6 Å². The molecule has 0 bridgehead atoms. The van der Waals surface area contributed by atoms with Gasteiger partial charge in [0.1, 0.15) is 18.0 Å². The number of fused-ring (bicyclic) bond motifs is 1. The first kappa shape index (κ1) is 31.1. The highest BCUT2D eigenvalue weighted by atomic mass is 32.2. The van der Waals surface area contributed by atoms with Crippen LogP contribution < -0.4 is 14.4 Å². The second kappa shape index (κ2) is 11.6. The lowest BCUT2D eigenvalue weighted by molar-refractivity contribution is -0.137. The third-order valence-electron chi connectivity index (χ3n) is 6.96. The van der Waals surface area contributed by atoms with E-state index in [1.165, 1.54) is 0 Å². The van der Waals surface area contributed by atoms with Crippen molar-refractivity contribution < 1.29 is 44.3 Å². The van der Waals surface area contributed by atoms with E-state index in [1.807, 2.05) is 0 Å². The SMILES string of the molecule is Cn1c(C(=O)N2CCNCC2)cc2cc(Oc3ccc(N(CC(F)(F)F)S(=O)(=O)c4ccc(C(F)(F)F)cc4)cn3)ccc21. The number of nitrogens with zero attached hydrogens (tertiary/aromatic N) is 4. The fourth-order valence-corrected chi connectivity index (χ4v) is 6.18. The molecule has 2 aromatic carbocycles. The minimum Gasteiger partial charge on any atom is -0.439 e. The average Bonchev–Trinajstić information content (AvgIpc) is 3.31. The molecule has 1 saturated heterocycles. The summed E-state index contributed by atoms with van der Waals surface area (Å²) in [6, 6.07) is 11.1.